The molecule has 1 fully saturated rings. The van der Waals surface area contributed by atoms with Crippen molar-refractivity contribution in [3.63, 3.8) is 0 Å². The van der Waals surface area contributed by atoms with Crippen LogP contribution in [0.3, 0.4) is 0 Å². The lowest BCUT2D eigenvalue weighted by Gasteiger charge is -2.18. The number of carbonyl (C=O) groups excluding carboxylic acids is 2. The van der Waals surface area contributed by atoms with E-state index in [1.807, 2.05) is 18.2 Å². The van der Waals surface area contributed by atoms with Gasteiger partial charge < -0.3 is 15.4 Å². The highest BCUT2D eigenvalue weighted by Crippen LogP contribution is 2.16. The molecule has 0 radical (unpaired) electrons. The Morgan fingerprint density at radius 3 is 2.68 bits per heavy atom. The van der Waals surface area contributed by atoms with Crippen LogP contribution in [0.15, 0.2) is 30.3 Å². The van der Waals surface area contributed by atoms with Crippen LogP contribution in [0.5, 0.6) is 0 Å². The molecule has 1 aromatic rings. The average molecular weight is 262 g/mol. The number of rotatable bonds is 4. The smallest absolute Gasteiger partial charge is 0.333 e. The van der Waals surface area contributed by atoms with E-state index in [1.54, 1.807) is 12.1 Å². The maximum atomic E-state index is 12.1. The Bertz CT molecular complexity index is 441. The zero-order valence-corrected chi connectivity index (χ0v) is 10.9. The zero-order valence-electron chi connectivity index (χ0n) is 10.9. The second kappa shape index (κ2) is 6.33. The minimum absolute atomic E-state index is 0.0733. The lowest BCUT2D eigenvalue weighted by molar-refractivity contribution is -0.145. The van der Waals surface area contributed by atoms with E-state index in [4.69, 9.17) is 4.74 Å². The van der Waals surface area contributed by atoms with Crippen molar-refractivity contribution < 1.29 is 14.3 Å². The van der Waals surface area contributed by atoms with Crippen molar-refractivity contribution >= 4 is 11.9 Å². The molecule has 2 unspecified atom stereocenters. The molecule has 1 aromatic carbocycles. The second-order valence-electron chi connectivity index (χ2n) is 4.57. The maximum absolute atomic E-state index is 12.1. The van der Waals surface area contributed by atoms with Crippen molar-refractivity contribution in [1.82, 2.24) is 10.6 Å². The first-order chi connectivity index (χ1) is 9.22. The highest BCUT2D eigenvalue weighted by Gasteiger charge is 2.28. The molecule has 2 atom stereocenters. The van der Waals surface area contributed by atoms with Crippen molar-refractivity contribution in [3.8, 4) is 0 Å². The Morgan fingerprint density at radius 1 is 1.37 bits per heavy atom. The van der Waals surface area contributed by atoms with Gasteiger partial charge in [-0.15, -0.1) is 0 Å². The van der Waals surface area contributed by atoms with Crippen LogP contribution in [0.1, 0.15) is 18.0 Å². The third-order valence-electron chi connectivity index (χ3n) is 3.29. The van der Waals surface area contributed by atoms with Gasteiger partial charge in [-0.3, -0.25) is 4.79 Å². The Morgan fingerprint density at radius 2 is 2.11 bits per heavy atom. The summed E-state index contributed by atoms with van der Waals surface area (Å²) in [5.74, 6) is -0.634. The third-order valence-corrected chi connectivity index (χ3v) is 3.29. The molecule has 5 heteroatoms. The largest absolute Gasteiger partial charge is 0.467 e. The fourth-order valence-corrected chi connectivity index (χ4v) is 2.18. The predicted octanol–water partition coefficient (Wildman–Crippen LogP) is 0.626. The van der Waals surface area contributed by atoms with Crippen LogP contribution in [0, 0.1) is 5.92 Å². The molecule has 0 aliphatic carbocycles. The fourth-order valence-electron chi connectivity index (χ4n) is 2.18. The fraction of sp³-hybridized carbons (Fsp3) is 0.429. The highest BCUT2D eigenvalue weighted by atomic mass is 16.5. The minimum atomic E-state index is -0.737. The molecule has 1 amide bonds. The zero-order chi connectivity index (χ0) is 13.7. The van der Waals surface area contributed by atoms with Gasteiger partial charge in [-0.25, -0.2) is 4.79 Å². The van der Waals surface area contributed by atoms with Crippen LogP contribution in [0.4, 0.5) is 0 Å². The van der Waals surface area contributed by atoms with E-state index < -0.39 is 12.0 Å². The van der Waals surface area contributed by atoms with E-state index >= 15 is 0 Å². The molecule has 1 heterocycles. The van der Waals surface area contributed by atoms with Gasteiger partial charge in [0.1, 0.15) is 0 Å². The number of ether oxygens (including phenoxy) is 1. The summed E-state index contributed by atoms with van der Waals surface area (Å²) in [7, 11) is 1.32. The van der Waals surface area contributed by atoms with Crippen molar-refractivity contribution in [2.24, 2.45) is 5.92 Å². The molecule has 1 saturated heterocycles. The second-order valence-corrected chi connectivity index (χ2v) is 4.57. The molecule has 0 bridgehead atoms. The van der Waals surface area contributed by atoms with Crippen LogP contribution >= 0.6 is 0 Å². The molecule has 102 valence electrons. The number of methoxy groups -OCH3 is 1. The summed E-state index contributed by atoms with van der Waals surface area (Å²) in [6, 6.07) is 8.38. The monoisotopic (exact) mass is 262 g/mol. The molecule has 19 heavy (non-hydrogen) atoms. The van der Waals surface area contributed by atoms with Gasteiger partial charge in [0.2, 0.25) is 5.91 Å². The number of carbonyl (C=O) groups is 2. The van der Waals surface area contributed by atoms with Crippen molar-refractivity contribution in [2.75, 3.05) is 20.2 Å². The Balaban J connectivity index is 2.10. The number of hydrogen-bond donors (Lipinski definition) is 2. The van der Waals surface area contributed by atoms with Crippen molar-refractivity contribution in [1.29, 1.82) is 0 Å². The van der Waals surface area contributed by atoms with Gasteiger partial charge in [0.05, 0.1) is 13.0 Å². The van der Waals surface area contributed by atoms with E-state index in [-0.39, 0.29) is 11.8 Å². The first kappa shape index (κ1) is 13.5. The maximum Gasteiger partial charge on any atom is 0.333 e. The summed E-state index contributed by atoms with van der Waals surface area (Å²) < 4.78 is 4.76. The first-order valence-corrected chi connectivity index (χ1v) is 6.36. The quantitative estimate of drug-likeness (QED) is 0.781. The van der Waals surface area contributed by atoms with Crippen molar-refractivity contribution in [2.45, 2.75) is 12.5 Å². The number of amides is 1. The molecule has 1 aliphatic rings. The normalized spacial score (nSPS) is 19.7. The summed E-state index contributed by atoms with van der Waals surface area (Å²) in [5.41, 5.74) is 0.730. The van der Waals surface area contributed by atoms with E-state index in [2.05, 4.69) is 10.6 Å². The van der Waals surface area contributed by atoms with Gasteiger partial charge in [-0.1, -0.05) is 30.3 Å². The minimum Gasteiger partial charge on any atom is -0.467 e. The van der Waals surface area contributed by atoms with Crippen LogP contribution in [0.2, 0.25) is 0 Å². The lowest BCUT2D eigenvalue weighted by Crippen LogP contribution is -2.38. The van der Waals surface area contributed by atoms with Crippen LogP contribution in [-0.2, 0) is 14.3 Å². The van der Waals surface area contributed by atoms with Gasteiger partial charge in [0.15, 0.2) is 6.04 Å². The van der Waals surface area contributed by atoms with E-state index in [0.29, 0.717) is 6.54 Å². The van der Waals surface area contributed by atoms with E-state index in [9.17, 15) is 9.59 Å². The molecule has 0 aromatic heterocycles. The molecule has 0 saturated carbocycles. The molecule has 5 nitrogen and oxygen atoms in total. The van der Waals surface area contributed by atoms with E-state index in [1.165, 1.54) is 7.11 Å². The van der Waals surface area contributed by atoms with E-state index in [0.717, 1.165) is 18.5 Å². The Labute approximate surface area is 112 Å². The van der Waals surface area contributed by atoms with Gasteiger partial charge in [-0.05, 0) is 18.5 Å². The highest BCUT2D eigenvalue weighted by molar-refractivity contribution is 5.86. The number of hydrogen-bond acceptors (Lipinski definition) is 4. The van der Waals surface area contributed by atoms with Gasteiger partial charge >= 0.3 is 5.97 Å². The van der Waals surface area contributed by atoms with Crippen LogP contribution in [0.25, 0.3) is 0 Å². The standard InChI is InChI=1S/C14H18N2O3/c1-19-14(18)12(10-5-3-2-4-6-10)16-13(17)11-7-8-15-9-11/h2-6,11-12,15H,7-9H2,1H3,(H,16,17). The molecular weight excluding hydrogens is 244 g/mol. The van der Waals surface area contributed by atoms with Crippen LogP contribution in [-0.4, -0.2) is 32.1 Å². The Hall–Kier alpha value is -1.88. The van der Waals surface area contributed by atoms with Crippen molar-refractivity contribution in [3.05, 3.63) is 35.9 Å². The topological polar surface area (TPSA) is 67.4 Å². The number of nitrogens with one attached hydrogen (secondary N) is 2. The first-order valence-electron chi connectivity index (χ1n) is 6.36. The summed E-state index contributed by atoms with van der Waals surface area (Å²) in [5, 5.41) is 5.90. The average Bonchev–Trinajstić information content (AvgIpc) is 2.99. The molecule has 2 N–H and O–H groups in total. The molecular formula is C14H18N2O3. The molecule has 0 spiro atoms. The number of benzene rings is 1. The Kier molecular flexibility index (Phi) is 4.52. The third kappa shape index (κ3) is 3.32. The molecule has 2 rings (SSSR count). The SMILES string of the molecule is COC(=O)C(NC(=O)C1CCNC1)c1ccccc1. The predicted molar refractivity (Wildman–Crippen MR) is 70.3 cm³/mol. The summed E-state index contributed by atoms with van der Waals surface area (Å²) in [6.45, 7) is 1.50. The van der Waals surface area contributed by atoms with Gasteiger partial charge in [-0.2, -0.15) is 0 Å². The summed E-state index contributed by atoms with van der Waals surface area (Å²) in [4.78, 5) is 23.9. The number of esters is 1. The van der Waals surface area contributed by atoms with Gasteiger partial charge in [0.25, 0.3) is 0 Å². The van der Waals surface area contributed by atoms with Crippen LogP contribution < -0.4 is 10.6 Å². The lowest BCUT2D eigenvalue weighted by atomic mass is 10.0. The summed E-state index contributed by atoms with van der Waals surface area (Å²) >= 11 is 0. The molecule has 1 aliphatic heterocycles. The summed E-state index contributed by atoms with van der Waals surface area (Å²) in [6.07, 6.45) is 0.800. The van der Waals surface area contributed by atoms with Gasteiger partial charge in [0, 0.05) is 6.54 Å².